The number of carbonyl (C=O) groups excluding carboxylic acids is 1. The van der Waals surface area contributed by atoms with Crippen molar-refractivity contribution in [2.24, 2.45) is 5.92 Å². The van der Waals surface area contributed by atoms with Crippen LogP contribution in [0.1, 0.15) is 24.2 Å². The first-order valence-electron chi connectivity index (χ1n) is 6.69. The quantitative estimate of drug-likeness (QED) is 0.651. The normalized spacial score (nSPS) is 10.7. The zero-order chi connectivity index (χ0) is 16.3. The number of nitro benzene ring substituents is 1. The van der Waals surface area contributed by atoms with E-state index in [-0.39, 0.29) is 5.56 Å². The Bertz CT molecular complexity index is 709. The van der Waals surface area contributed by atoms with E-state index in [1.54, 1.807) is 16.9 Å². The summed E-state index contributed by atoms with van der Waals surface area (Å²) < 4.78 is 1.65. The number of nitrogens with one attached hydrogen (secondary N) is 1. The molecule has 0 atom stereocenters. The van der Waals surface area contributed by atoms with E-state index in [0.717, 1.165) is 12.1 Å². The van der Waals surface area contributed by atoms with E-state index in [9.17, 15) is 20.0 Å². The lowest BCUT2D eigenvalue weighted by molar-refractivity contribution is -0.385. The summed E-state index contributed by atoms with van der Waals surface area (Å²) in [6.45, 7) is 4.69. The monoisotopic (exact) mass is 304 g/mol. The molecular weight excluding hydrogens is 288 g/mol. The molecule has 0 saturated carbocycles. The number of nitrogens with zero attached hydrogens (tertiary/aromatic N) is 3. The Morgan fingerprint density at radius 2 is 2.18 bits per heavy atom. The second kappa shape index (κ2) is 6.25. The van der Waals surface area contributed by atoms with Crippen molar-refractivity contribution in [3.8, 4) is 5.75 Å². The number of amides is 1. The number of phenols is 1. The third-order valence-corrected chi connectivity index (χ3v) is 2.93. The molecule has 0 saturated heterocycles. The summed E-state index contributed by atoms with van der Waals surface area (Å²) in [5.41, 5.74) is -0.426. The number of benzene rings is 1. The molecule has 1 heterocycles. The van der Waals surface area contributed by atoms with E-state index in [1.165, 1.54) is 6.07 Å². The molecule has 0 radical (unpaired) electrons. The van der Waals surface area contributed by atoms with E-state index in [4.69, 9.17) is 0 Å². The summed E-state index contributed by atoms with van der Waals surface area (Å²) in [4.78, 5) is 22.2. The molecule has 0 aliphatic heterocycles. The Morgan fingerprint density at radius 1 is 1.45 bits per heavy atom. The van der Waals surface area contributed by atoms with Gasteiger partial charge in [-0.1, -0.05) is 13.8 Å². The SMILES string of the molecule is CC(C)Cn1nccc1NC(=O)c1ccc(O)c([N+](=O)[O-])c1. The molecule has 0 bridgehead atoms. The molecule has 1 aromatic heterocycles. The van der Waals surface area contributed by atoms with Gasteiger partial charge in [0.15, 0.2) is 5.75 Å². The molecule has 116 valence electrons. The molecule has 2 aromatic rings. The zero-order valence-corrected chi connectivity index (χ0v) is 12.2. The minimum atomic E-state index is -0.741. The van der Waals surface area contributed by atoms with Gasteiger partial charge < -0.3 is 10.4 Å². The molecule has 2 rings (SSSR count). The van der Waals surface area contributed by atoms with Gasteiger partial charge in [-0.05, 0) is 18.1 Å². The number of aromatic nitrogens is 2. The third-order valence-electron chi connectivity index (χ3n) is 2.93. The van der Waals surface area contributed by atoms with Crippen LogP contribution in [0.25, 0.3) is 0 Å². The minimum absolute atomic E-state index is 0.0850. The predicted octanol–water partition coefficient (Wildman–Crippen LogP) is 2.41. The molecule has 0 spiro atoms. The smallest absolute Gasteiger partial charge is 0.311 e. The highest BCUT2D eigenvalue weighted by atomic mass is 16.6. The Balaban J connectivity index is 2.21. The molecule has 1 amide bonds. The van der Waals surface area contributed by atoms with Crippen LogP contribution in [-0.2, 0) is 6.54 Å². The second-order valence-corrected chi connectivity index (χ2v) is 5.21. The van der Waals surface area contributed by atoms with Gasteiger partial charge in [0.05, 0.1) is 11.1 Å². The Hall–Kier alpha value is -2.90. The topological polar surface area (TPSA) is 110 Å². The number of rotatable bonds is 5. The average molecular weight is 304 g/mol. The van der Waals surface area contributed by atoms with Crippen LogP contribution in [0.2, 0.25) is 0 Å². The first-order chi connectivity index (χ1) is 10.4. The summed E-state index contributed by atoms with van der Waals surface area (Å²) in [5, 5.41) is 27.0. The van der Waals surface area contributed by atoms with Gasteiger partial charge in [-0.3, -0.25) is 14.9 Å². The van der Waals surface area contributed by atoms with Gasteiger partial charge in [0.1, 0.15) is 5.82 Å². The van der Waals surface area contributed by atoms with Gasteiger partial charge in [-0.2, -0.15) is 5.10 Å². The maximum Gasteiger partial charge on any atom is 0.311 e. The van der Waals surface area contributed by atoms with E-state index in [2.05, 4.69) is 10.4 Å². The number of anilines is 1. The largest absolute Gasteiger partial charge is 0.502 e. The highest BCUT2D eigenvalue weighted by Gasteiger charge is 2.18. The van der Waals surface area contributed by atoms with Crippen LogP contribution in [-0.4, -0.2) is 25.7 Å². The van der Waals surface area contributed by atoms with Gasteiger partial charge in [0.25, 0.3) is 5.91 Å². The van der Waals surface area contributed by atoms with Crippen LogP contribution in [0.3, 0.4) is 0 Å². The highest BCUT2D eigenvalue weighted by Crippen LogP contribution is 2.26. The van der Waals surface area contributed by atoms with Crippen molar-refractivity contribution >= 4 is 17.4 Å². The van der Waals surface area contributed by atoms with Gasteiger partial charge in [-0.25, -0.2) is 4.68 Å². The molecule has 0 aliphatic rings. The Labute approximate surface area is 126 Å². The van der Waals surface area contributed by atoms with Gasteiger partial charge in [-0.15, -0.1) is 0 Å². The molecule has 8 heteroatoms. The van der Waals surface area contributed by atoms with Crippen molar-refractivity contribution in [1.82, 2.24) is 9.78 Å². The summed E-state index contributed by atoms with van der Waals surface area (Å²) in [6, 6.07) is 5.13. The third kappa shape index (κ3) is 3.40. The van der Waals surface area contributed by atoms with E-state index >= 15 is 0 Å². The maximum absolute atomic E-state index is 12.2. The number of phenolic OH excluding ortho intramolecular Hbond substituents is 1. The second-order valence-electron chi connectivity index (χ2n) is 5.21. The number of aromatic hydroxyl groups is 1. The number of carbonyl (C=O) groups is 1. The van der Waals surface area contributed by atoms with Crippen molar-refractivity contribution < 1.29 is 14.8 Å². The summed E-state index contributed by atoms with van der Waals surface area (Å²) in [5.74, 6) is -0.125. The van der Waals surface area contributed by atoms with Crippen LogP contribution in [0.15, 0.2) is 30.5 Å². The van der Waals surface area contributed by atoms with Crippen molar-refractivity contribution in [3.05, 3.63) is 46.1 Å². The van der Waals surface area contributed by atoms with E-state index < -0.39 is 22.3 Å². The van der Waals surface area contributed by atoms with Crippen molar-refractivity contribution in [2.45, 2.75) is 20.4 Å². The van der Waals surface area contributed by atoms with Crippen molar-refractivity contribution in [1.29, 1.82) is 0 Å². The molecule has 0 fully saturated rings. The minimum Gasteiger partial charge on any atom is -0.502 e. The van der Waals surface area contributed by atoms with Gasteiger partial charge in [0, 0.05) is 24.2 Å². The first kappa shape index (κ1) is 15.5. The average Bonchev–Trinajstić information content (AvgIpc) is 2.85. The molecule has 0 aliphatic carbocycles. The van der Waals surface area contributed by atoms with Gasteiger partial charge in [0.2, 0.25) is 0 Å². The van der Waals surface area contributed by atoms with Crippen LogP contribution in [0.5, 0.6) is 5.75 Å². The van der Waals surface area contributed by atoms with Crippen LogP contribution >= 0.6 is 0 Å². The van der Waals surface area contributed by atoms with Crippen molar-refractivity contribution in [2.75, 3.05) is 5.32 Å². The number of hydrogen-bond donors (Lipinski definition) is 2. The van der Waals surface area contributed by atoms with Gasteiger partial charge >= 0.3 is 5.69 Å². The van der Waals surface area contributed by atoms with Crippen LogP contribution < -0.4 is 5.32 Å². The first-order valence-corrected chi connectivity index (χ1v) is 6.69. The predicted molar refractivity (Wildman–Crippen MR) is 79.8 cm³/mol. The summed E-state index contributed by atoms with van der Waals surface area (Å²) in [6.07, 6.45) is 1.57. The highest BCUT2D eigenvalue weighted by molar-refractivity contribution is 6.04. The molecule has 1 aromatic carbocycles. The molecular formula is C14H16N4O4. The fraction of sp³-hybridized carbons (Fsp3) is 0.286. The molecule has 8 nitrogen and oxygen atoms in total. The molecule has 22 heavy (non-hydrogen) atoms. The Kier molecular flexibility index (Phi) is 4.40. The number of nitro groups is 1. The summed E-state index contributed by atoms with van der Waals surface area (Å²) >= 11 is 0. The van der Waals surface area contributed by atoms with Crippen LogP contribution in [0, 0.1) is 16.0 Å². The fourth-order valence-electron chi connectivity index (χ4n) is 1.93. The lowest BCUT2D eigenvalue weighted by Crippen LogP contribution is -2.17. The lowest BCUT2D eigenvalue weighted by Gasteiger charge is -2.11. The fourth-order valence-corrected chi connectivity index (χ4v) is 1.93. The summed E-state index contributed by atoms with van der Waals surface area (Å²) in [7, 11) is 0. The molecule has 0 unspecified atom stereocenters. The maximum atomic E-state index is 12.2. The lowest BCUT2D eigenvalue weighted by atomic mass is 10.1. The zero-order valence-electron chi connectivity index (χ0n) is 12.2. The number of hydrogen-bond acceptors (Lipinski definition) is 5. The van der Waals surface area contributed by atoms with Crippen molar-refractivity contribution in [3.63, 3.8) is 0 Å². The van der Waals surface area contributed by atoms with E-state index in [0.29, 0.717) is 18.3 Å². The van der Waals surface area contributed by atoms with E-state index in [1.807, 2.05) is 13.8 Å². The van der Waals surface area contributed by atoms with Crippen LogP contribution in [0.4, 0.5) is 11.5 Å². The molecule has 2 N–H and O–H groups in total. The standard InChI is InChI=1S/C14H16N4O4/c1-9(2)8-17-13(5-6-15-17)16-14(20)10-3-4-12(19)11(7-10)18(21)22/h3-7,9,19H,8H2,1-2H3,(H,16,20). The Morgan fingerprint density at radius 3 is 2.82 bits per heavy atom.